The average Bonchev–Trinajstić information content (AvgIpc) is 2.53. The van der Waals surface area contributed by atoms with Gasteiger partial charge in [0.1, 0.15) is 0 Å². The fourth-order valence-electron chi connectivity index (χ4n) is 2.87. The summed E-state index contributed by atoms with van der Waals surface area (Å²) >= 11 is 0. The van der Waals surface area contributed by atoms with Crippen LogP contribution in [0.1, 0.15) is 23.7 Å². The molecule has 0 aliphatic carbocycles. The van der Waals surface area contributed by atoms with E-state index in [0.717, 1.165) is 0 Å². The Balaban J connectivity index is 2.14. The number of hydrogen-bond acceptors (Lipinski definition) is 4. The number of nitrogens with zero attached hydrogens (tertiary/aromatic N) is 1. The van der Waals surface area contributed by atoms with Crippen LogP contribution in [-0.2, 0) is 4.79 Å². The minimum atomic E-state index is -2.99. The summed E-state index contributed by atoms with van der Waals surface area (Å²) in [6, 6.07) is 3.98. The quantitative estimate of drug-likeness (QED) is 0.889. The summed E-state index contributed by atoms with van der Waals surface area (Å²) in [6.07, 6.45) is 0.381. The fraction of sp³-hybridized carbons (Fsp3) is 0.500. The van der Waals surface area contributed by atoms with Crippen LogP contribution in [0.25, 0.3) is 0 Å². The first-order chi connectivity index (χ1) is 11.3. The Labute approximate surface area is 138 Å². The van der Waals surface area contributed by atoms with Gasteiger partial charge in [0.25, 0.3) is 5.91 Å². The van der Waals surface area contributed by atoms with Crippen LogP contribution >= 0.6 is 0 Å². The molecule has 1 saturated heterocycles. The van der Waals surface area contributed by atoms with Crippen molar-refractivity contribution in [2.24, 2.45) is 11.8 Å². The van der Waals surface area contributed by atoms with Crippen LogP contribution in [0.15, 0.2) is 18.2 Å². The lowest BCUT2D eigenvalue weighted by Crippen LogP contribution is -2.45. The molecule has 2 unspecified atom stereocenters. The largest absolute Gasteiger partial charge is 0.493 e. The van der Waals surface area contributed by atoms with Gasteiger partial charge >= 0.3 is 12.6 Å². The molecule has 132 valence electrons. The van der Waals surface area contributed by atoms with Crippen LogP contribution in [-0.4, -0.2) is 48.7 Å². The first kappa shape index (κ1) is 18.0. The molecule has 6 nitrogen and oxygen atoms in total. The van der Waals surface area contributed by atoms with Crippen molar-refractivity contribution < 1.29 is 33.0 Å². The highest BCUT2D eigenvalue weighted by molar-refractivity contribution is 5.95. The molecule has 1 N–H and O–H groups in total. The van der Waals surface area contributed by atoms with Crippen LogP contribution in [0.2, 0.25) is 0 Å². The number of likely N-dealkylation sites (tertiary alicyclic amines) is 1. The molecule has 0 aromatic heterocycles. The first-order valence-corrected chi connectivity index (χ1v) is 7.48. The van der Waals surface area contributed by atoms with Crippen molar-refractivity contribution in [3.8, 4) is 11.5 Å². The molecule has 0 saturated carbocycles. The van der Waals surface area contributed by atoms with Crippen molar-refractivity contribution in [2.75, 3.05) is 20.2 Å². The van der Waals surface area contributed by atoms with Crippen LogP contribution in [0.5, 0.6) is 11.5 Å². The lowest BCUT2D eigenvalue weighted by Gasteiger charge is -2.35. The third-order valence-electron chi connectivity index (χ3n) is 4.14. The maximum Gasteiger partial charge on any atom is 0.387 e. The maximum absolute atomic E-state index is 12.6. The SMILES string of the molecule is COc1cc(C(=O)N2CCC(C(=O)O)C(C)C2)ccc1OC(F)F. The van der Waals surface area contributed by atoms with Crippen molar-refractivity contribution >= 4 is 11.9 Å². The summed E-state index contributed by atoms with van der Waals surface area (Å²) < 4.78 is 34.0. The van der Waals surface area contributed by atoms with E-state index in [0.29, 0.717) is 19.5 Å². The zero-order chi connectivity index (χ0) is 17.9. The zero-order valence-corrected chi connectivity index (χ0v) is 13.4. The minimum absolute atomic E-state index is 0.0367. The summed E-state index contributed by atoms with van der Waals surface area (Å²) in [5, 5.41) is 9.13. The van der Waals surface area contributed by atoms with E-state index in [1.54, 1.807) is 11.8 Å². The van der Waals surface area contributed by atoms with Crippen molar-refractivity contribution in [1.82, 2.24) is 4.90 Å². The number of piperidine rings is 1. The molecule has 24 heavy (non-hydrogen) atoms. The molecule has 1 aliphatic rings. The Morgan fingerprint density at radius 3 is 2.58 bits per heavy atom. The zero-order valence-electron chi connectivity index (χ0n) is 13.4. The molecule has 1 heterocycles. The molecule has 2 rings (SSSR count). The summed E-state index contributed by atoms with van der Waals surface area (Å²) in [4.78, 5) is 25.2. The number of benzene rings is 1. The van der Waals surface area contributed by atoms with Gasteiger partial charge in [-0.1, -0.05) is 6.92 Å². The molecule has 0 bridgehead atoms. The Morgan fingerprint density at radius 2 is 2.04 bits per heavy atom. The monoisotopic (exact) mass is 343 g/mol. The second-order valence-electron chi connectivity index (χ2n) is 5.71. The smallest absolute Gasteiger partial charge is 0.387 e. The van der Waals surface area contributed by atoms with Gasteiger partial charge in [0.15, 0.2) is 11.5 Å². The lowest BCUT2D eigenvalue weighted by atomic mass is 9.87. The van der Waals surface area contributed by atoms with Gasteiger partial charge in [-0.25, -0.2) is 0 Å². The molecule has 1 aromatic rings. The van der Waals surface area contributed by atoms with Gasteiger partial charge in [0, 0.05) is 18.7 Å². The number of amides is 1. The number of carboxylic acids is 1. The number of carbonyl (C=O) groups excluding carboxylic acids is 1. The van der Waals surface area contributed by atoms with E-state index in [4.69, 9.17) is 9.84 Å². The van der Waals surface area contributed by atoms with Crippen LogP contribution in [0, 0.1) is 11.8 Å². The van der Waals surface area contributed by atoms with Gasteiger partial charge in [-0.3, -0.25) is 9.59 Å². The number of carbonyl (C=O) groups is 2. The highest BCUT2D eigenvalue weighted by Gasteiger charge is 2.33. The Hall–Kier alpha value is -2.38. The number of methoxy groups -OCH3 is 1. The number of aliphatic carboxylic acids is 1. The van der Waals surface area contributed by atoms with Crippen LogP contribution < -0.4 is 9.47 Å². The highest BCUT2D eigenvalue weighted by atomic mass is 19.3. The van der Waals surface area contributed by atoms with Crippen LogP contribution in [0.4, 0.5) is 8.78 Å². The second kappa shape index (κ2) is 7.46. The first-order valence-electron chi connectivity index (χ1n) is 7.48. The Morgan fingerprint density at radius 1 is 1.33 bits per heavy atom. The second-order valence-corrected chi connectivity index (χ2v) is 5.71. The predicted molar refractivity (Wildman–Crippen MR) is 80.4 cm³/mol. The average molecular weight is 343 g/mol. The van der Waals surface area contributed by atoms with Gasteiger partial charge in [-0.2, -0.15) is 8.78 Å². The van der Waals surface area contributed by atoms with Crippen molar-refractivity contribution in [3.63, 3.8) is 0 Å². The number of rotatable bonds is 5. The topological polar surface area (TPSA) is 76.1 Å². The molecule has 1 fully saturated rings. The molecule has 1 amide bonds. The summed E-state index contributed by atoms with van der Waals surface area (Å²) in [6.45, 7) is -0.542. The lowest BCUT2D eigenvalue weighted by molar-refractivity contribution is -0.145. The summed E-state index contributed by atoms with van der Waals surface area (Å²) in [5.74, 6) is -1.90. The van der Waals surface area contributed by atoms with E-state index in [-0.39, 0.29) is 28.9 Å². The van der Waals surface area contributed by atoms with Gasteiger partial charge in [-0.15, -0.1) is 0 Å². The van der Waals surface area contributed by atoms with Crippen molar-refractivity contribution in [3.05, 3.63) is 23.8 Å². The van der Waals surface area contributed by atoms with Gasteiger partial charge in [0.05, 0.1) is 13.0 Å². The van der Waals surface area contributed by atoms with E-state index in [1.807, 2.05) is 0 Å². The number of alkyl halides is 2. The standard InChI is InChI=1S/C16H19F2NO5/c1-9-8-19(6-5-11(9)15(21)22)14(20)10-3-4-12(24-16(17)18)13(7-10)23-2/h3-4,7,9,11,16H,5-6,8H2,1-2H3,(H,21,22). The third kappa shape index (κ3) is 3.93. The van der Waals surface area contributed by atoms with E-state index < -0.39 is 18.5 Å². The number of carboxylic acid groups (broad SMARTS) is 1. The van der Waals surface area contributed by atoms with E-state index in [2.05, 4.69) is 4.74 Å². The molecule has 8 heteroatoms. The number of halogens is 2. The predicted octanol–water partition coefficient (Wildman–Crippen LogP) is 2.48. The Kier molecular flexibility index (Phi) is 5.58. The van der Waals surface area contributed by atoms with Gasteiger partial charge in [0.2, 0.25) is 0 Å². The summed E-state index contributed by atoms with van der Waals surface area (Å²) in [5.41, 5.74) is 0.273. The number of ether oxygens (including phenoxy) is 2. The molecule has 1 aliphatic heterocycles. The molecule has 2 atom stereocenters. The molecule has 0 spiro atoms. The van der Waals surface area contributed by atoms with E-state index in [1.165, 1.54) is 25.3 Å². The van der Waals surface area contributed by atoms with Gasteiger partial charge < -0.3 is 19.5 Å². The summed E-state index contributed by atoms with van der Waals surface area (Å²) in [7, 11) is 1.29. The molecule has 0 radical (unpaired) electrons. The maximum atomic E-state index is 12.6. The van der Waals surface area contributed by atoms with Crippen LogP contribution in [0.3, 0.4) is 0 Å². The normalized spacial score (nSPS) is 20.8. The molecular formula is C16H19F2NO5. The van der Waals surface area contributed by atoms with Gasteiger partial charge in [-0.05, 0) is 30.5 Å². The van der Waals surface area contributed by atoms with Crippen molar-refractivity contribution in [1.29, 1.82) is 0 Å². The van der Waals surface area contributed by atoms with E-state index in [9.17, 15) is 18.4 Å². The minimum Gasteiger partial charge on any atom is -0.493 e. The van der Waals surface area contributed by atoms with Crippen molar-refractivity contribution in [2.45, 2.75) is 20.0 Å². The number of hydrogen-bond donors (Lipinski definition) is 1. The highest BCUT2D eigenvalue weighted by Crippen LogP contribution is 2.31. The fourth-order valence-corrected chi connectivity index (χ4v) is 2.87. The van der Waals surface area contributed by atoms with E-state index >= 15 is 0 Å². The molecule has 1 aromatic carbocycles. The Bertz CT molecular complexity index is 622. The molecular weight excluding hydrogens is 324 g/mol. The third-order valence-corrected chi connectivity index (χ3v) is 4.14.